The normalized spacial score (nSPS) is 14.0. The van der Waals surface area contributed by atoms with Gasteiger partial charge in [0.1, 0.15) is 0 Å². The Kier molecular flexibility index (Phi) is 2.19. The van der Waals surface area contributed by atoms with Gasteiger partial charge in [0, 0.05) is 61.8 Å². The number of fused-ring (bicyclic) bond motifs is 7. The molecule has 0 amide bonds. The molecule has 33 heavy (non-hydrogen) atoms. The topological polar surface area (TPSA) is 35.6 Å². The van der Waals surface area contributed by atoms with Crippen molar-refractivity contribution in [2.75, 3.05) is 0 Å². The Hall–Kier alpha value is -4.38. The van der Waals surface area contributed by atoms with E-state index in [9.17, 15) is 0 Å². The zero-order valence-electron chi connectivity index (χ0n) is 17.4. The highest BCUT2D eigenvalue weighted by atomic mass is 15.0. The summed E-state index contributed by atoms with van der Waals surface area (Å²) in [4.78, 5) is 9.82. The summed E-state index contributed by atoms with van der Waals surface area (Å²) in [5.74, 6) is 0. The van der Waals surface area contributed by atoms with E-state index < -0.39 is 0 Å². The third-order valence-electron chi connectivity index (χ3n) is 8.15. The highest BCUT2D eigenvalue weighted by molar-refractivity contribution is 6.91. The zero-order chi connectivity index (χ0) is 21.0. The van der Waals surface area contributed by atoms with Crippen LogP contribution in [-0.2, 0) is 0 Å². The number of benzene rings is 3. The number of aromatic nitrogens is 4. The fourth-order valence-corrected chi connectivity index (χ4v) is 7.06. The van der Waals surface area contributed by atoms with E-state index in [4.69, 9.17) is 9.97 Å². The summed E-state index contributed by atoms with van der Waals surface area (Å²) >= 11 is 0. The van der Waals surface area contributed by atoms with Gasteiger partial charge in [0.05, 0.1) is 28.4 Å². The zero-order valence-corrected chi connectivity index (χ0v) is 17.4. The lowest BCUT2D eigenvalue weighted by atomic mass is 9.44. The summed E-state index contributed by atoms with van der Waals surface area (Å²) in [6.45, 7) is 0.139. The van der Waals surface area contributed by atoms with Gasteiger partial charge in [-0.2, -0.15) is 0 Å². The van der Waals surface area contributed by atoms with Gasteiger partial charge in [-0.15, -0.1) is 0 Å². The van der Waals surface area contributed by atoms with Crippen molar-refractivity contribution in [2.24, 2.45) is 0 Å². The van der Waals surface area contributed by atoms with E-state index in [1.165, 1.54) is 77.1 Å². The van der Waals surface area contributed by atoms with E-state index in [1.807, 2.05) is 6.20 Å². The SMILES string of the molecule is c1cc2c3c(c1)c1cccc4c1n3B1c3c-2cncc3-n2c3ccccc3c3ncc-4c1c32. The fourth-order valence-electron chi connectivity index (χ4n) is 7.06. The van der Waals surface area contributed by atoms with Crippen LogP contribution in [0.4, 0.5) is 0 Å². The Morgan fingerprint density at radius 1 is 0.606 bits per heavy atom. The van der Waals surface area contributed by atoms with Gasteiger partial charge in [-0.3, -0.25) is 9.97 Å². The van der Waals surface area contributed by atoms with E-state index in [2.05, 4.69) is 82.1 Å². The first kappa shape index (κ1) is 15.4. The Morgan fingerprint density at radius 3 is 2.15 bits per heavy atom. The lowest BCUT2D eigenvalue weighted by Crippen LogP contribution is -2.57. The summed E-state index contributed by atoms with van der Waals surface area (Å²) in [7, 11) is 0. The number of para-hydroxylation sites is 3. The standard InChI is InChI=1S/C28H13BN4/c1-2-10-21-18(5-1)25-28-24-20(12-31-25)17-9-4-7-15-14-6-3-8-16-19-11-30-13-22(32(21)28)23(19)29(24)33(26(14)16)27(15)17/h1-13H. The van der Waals surface area contributed by atoms with Crippen LogP contribution < -0.4 is 10.9 Å². The molecule has 0 spiro atoms. The third-order valence-corrected chi connectivity index (χ3v) is 8.15. The van der Waals surface area contributed by atoms with Crippen molar-refractivity contribution >= 4 is 61.5 Å². The highest BCUT2D eigenvalue weighted by Crippen LogP contribution is 2.47. The molecule has 3 aliphatic heterocycles. The summed E-state index contributed by atoms with van der Waals surface area (Å²) in [6, 6.07) is 22.1. The van der Waals surface area contributed by atoms with Gasteiger partial charge in [0.2, 0.25) is 0 Å². The lowest BCUT2D eigenvalue weighted by Gasteiger charge is -2.36. The van der Waals surface area contributed by atoms with Crippen molar-refractivity contribution in [3.63, 3.8) is 0 Å². The van der Waals surface area contributed by atoms with Crippen LogP contribution in [0.3, 0.4) is 0 Å². The number of nitrogens with zero attached hydrogens (tertiary/aromatic N) is 4. The Morgan fingerprint density at radius 2 is 1.33 bits per heavy atom. The Bertz CT molecular complexity index is 2100. The van der Waals surface area contributed by atoms with Crippen LogP contribution in [0.15, 0.2) is 79.3 Å². The van der Waals surface area contributed by atoms with Crippen LogP contribution >= 0.6 is 0 Å². The predicted octanol–water partition coefficient (Wildman–Crippen LogP) is 4.61. The fraction of sp³-hybridized carbons (Fsp3) is 0. The van der Waals surface area contributed by atoms with Gasteiger partial charge in [0.15, 0.2) is 0 Å². The van der Waals surface area contributed by atoms with Gasteiger partial charge in [0.25, 0.3) is 0 Å². The van der Waals surface area contributed by atoms with Gasteiger partial charge in [-0.05, 0) is 17.0 Å². The lowest BCUT2D eigenvalue weighted by molar-refractivity contribution is 1.13. The molecular weight excluding hydrogens is 403 g/mol. The quantitative estimate of drug-likeness (QED) is 0.339. The minimum absolute atomic E-state index is 0.139. The first-order chi connectivity index (χ1) is 16.4. The molecule has 5 heteroatoms. The molecule has 0 saturated carbocycles. The molecule has 0 radical (unpaired) electrons. The van der Waals surface area contributed by atoms with E-state index in [0.717, 1.165) is 5.52 Å². The molecule has 4 aromatic heterocycles. The van der Waals surface area contributed by atoms with E-state index in [-0.39, 0.29) is 6.85 Å². The van der Waals surface area contributed by atoms with Crippen LogP contribution in [-0.4, -0.2) is 25.9 Å². The molecule has 7 aromatic rings. The van der Waals surface area contributed by atoms with Crippen molar-refractivity contribution in [1.29, 1.82) is 0 Å². The van der Waals surface area contributed by atoms with Crippen LogP contribution in [0.5, 0.6) is 0 Å². The third kappa shape index (κ3) is 1.41. The van der Waals surface area contributed by atoms with Gasteiger partial charge in [-0.1, -0.05) is 54.6 Å². The second-order valence-electron chi connectivity index (χ2n) is 9.43. The molecule has 4 nitrogen and oxygen atoms in total. The molecule has 0 bridgehead atoms. The van der Waals surface area contributed by atoms with Gasteiger partial charge in [-0.25, -0.2) is 0 Å². The first-order valence-corrected chi connectivity index (χ1v) is 11.4. The first-order valence-electron chi connectivity index (χ1n) is 11.4. The number of pyridine rings is 2. The Labute approximate surface area is 187 Å². The molecular formula is C28H13BN4. The predicted molar refractivity (Wildman–Crippen MR) is 134 cm³/mol. The van der Waals surface area contributed by atoms with E-state index in [0.29, 0.717) is 0 Å². The maximum absolute atomic E-state index is 5.06. The van der Waals surface area contributed by atoms with Crippen LogP contribution in [0.1, 0.15) is 0 Å². The highest BCUT2D eigenvalue weighted by Gasteiger charge is 2.45. The smallest absolute Gasteiger partial charge is 0.334 e. The summed E-state index contributed by atoms with van der Waals surface area (Å²) in [5.41, 5.74) is 15.2. The number of hydrogen-bond donors (Lipinski definition) is 0. The van der Waals surface area contributed by atoms with Gasteiger partial charge < -0.3 is 9.05 Å². The number of rotatable bonds is 0. The molecule has 3 aromatic carbocycles. The van der Waals surface area contributed by atoms with Crippen LogP contribution in [0, 0.1) is 0 Å². The molecule has 148 valence electrons. The molecule has 0 unspecified atom stereocenters. The average Bonchev–Trinajstić information content (AvgIpc) is 3.39. The average molecular weight is 416 g/mol. The van der Waals surface area contributed by atoms with Crippen molar-refractivity contribution in [3.05, 3.63) is 79.3 Å². The summed E-state index contributed by atoms with van der Waals surface area (Å²) in [5, 5.41) is 3.85. The van der Waals surface area contributed by atoms with E-state index in [1.54, 1.807) is 0 Å². The second kappa shape index (κ2) is 4.69. The molecule has 0 saturated heterocycles. The van der Waals surface area contributed by atoms with Crippen molar-refractivity contribution in [2.45, 2.75) is 0 Å². The van der Waals surface area contributed by atoms with Crippen molar-refractivity contribution in [1.82, 2.24) is 19.0 Å². The molecule has 7 heterocycles. The van der Waals surface area contributed by atoms with Gasteiger partial charge >= 0.3 is 6.85 Å². The maximum atomic E-state index is 5.06. The summed E-state index contributed by atoms with van der Waals surface area (Å²) < 4.78 is 5.03. The molecule has 0 atom stereocenters. The van der Waals surface area contributed by atoms with Crippen LogP contribution in [0.2, 0.25) is 0 Å². The maximum Gasteiger partial charge on any atom is 0.334 e. The number of hydrogen-bond acceptors (Lipinski definition) is 2. The molecule has 0 aliphatic carbocycles. The van der Waals surface area contributed by atoms with Crippen LogP contribution in [0.25, 0.3) is 71.7 Å². The second-order valence-corrected chi connectivity index (χ2v) is 9.43. The minimum atomic E-state index is 0.139. The molecule has 3 aliphatic rings. The monoisotopic (exact) mass is 416 g/mol. The molecule has 10 rings (SSSR count). The van der Waals surface area contributed by atoms with Crippen molar-refractivity contribution in [3.8, 4) is 27.9 Å². The van der Waals surface area contributed by atoms with Crippen molar-refractivity contribution < 1.29 is 0 Å². The molecule has 0 fully saturated rings. The molecule has 0 N–H and O–H groups in total. The largest absolute Gasteiger partial charge is 0.375 e. The Balaban J connectivity index is 1.62. The minimum Gasteiger partial charge on any atom is -0.375 e. The summed E-state index contributed by atoms with van der Waals surface area (Å²) in [6.07, 6.45) is 6.23. The van der Waals surface area contributed by atoms with E-state index >= 15 is 0 Å².